The molecule has 8 atom stereocenters. The number of likely N-dealkylation sites (N-methyl/N-ethyl adjacent to an activating group) is 1. The lowest BCUT2D eigenvalue weighted by molar-refractivity contribution is -0.208. The number of aliphatic hydroxyl groups excluding tert-OH is 2. The highest BCUT2D eigenvalue weighted by Gasteiger charge is 2.72. The van der Waals surface area contributed by atoms with Gasteiger partial charge in [0.25, 0.3) is 0 Å². The Morgan fingerprint density at radius 2 is 1.75 bits per heavy atom. The number of esters is 1. The monoisotopic (exact) mass is 556 g/mol. The van der Waals surface area contributed by atoms with Crippen LogP contribution in [0.3, 0.4) is 0 Å². The van der Waals surface area contributed by atoms with E-state index in [1.165, 1.54) is 11.0 Å². The highest BCUT2D eigenvalue weighted by atomic mass is 16.5. The zero-order valence-corrected chi connectivity index (χ0v) is 22.7. The molecule has 0 aliphatic heterocycles. The summed E-state index contributed by atoms with van der Waals surface area (Å²) < 4.78 is 6.16. The van der Waals surface area contributed by atoms with Gasteiger partial charge >= 0.3 is 5.97 Å². The number of hydrogen-bond acceptors (Lipinski definition) is 10. The van der Waals surface area contributed by atoms with Crippen LogP contribution in [-0.4, -0.2) is 86.7 Å². The van der Waals surface area contributed by atoms with Crippen molar-refractivity contribution < 1.29 is 44.3 Å². The van der Waals surface area contributed by atoms with Crippen molar-refractivity contribution in [1.29, 1.82) is 0 Å². The number of hydrogen-bond donors (Lipinski definition) is 5. The minimum absolute atomic E-state index is 0.0205. The topological polar surface area (TPSA) is 188 Å². The van der Waals surface area contributed by atoms with E-state index in [0.717, 1.165) is 19.3 Å². The third-order valence-corrected chi connectivity index (χ3v) is 9.52. The number of aliphatic hydroxyl groups is 3. The minimum atomic E-state index is -2.95. The Morgan fingerprint density at radius 1 is 1.10 bits per heavy atom. The van der Waals surface area contributed by atoms with Gasteiger partial charge in [-0.2, -0.15) is 0 Å². The second kappa shape index (κ2) is 9.97. The molecular weight excluding hydrogens is 520 g/mol. The molecule has 1 aromatic carbocycles. The lowest BCUT2D eigenvalue weighted by Gasteiger charge is -2.57. The molecule has 3 saturated carbocycles. The molecule has 6 N–H and O–H groups in total. The summed E-state index contributed by atoms with van der Waals surface area (Å²) in [7, 11) is 3.10. The lowest BCUT2D eigenvalue weighted by atomic mass is 9.51. The summed E-state index contributed by atoms with van der Waals surface area (Å²) in [4.78, 5) is 55.4. The Bertz CT molecular complexity index is 1300. The van der Waals surface area contributed by atoms with Gasteiger partial charge in [-0.05, 0) is 44.5 Å². The van der Waals surface area contributed by atoms with E-state index >= 15 is 0 Å². The Morgan fingerprint density at radius 3 is 2.35 bits per heavy atom. The van der Waals surface area contributed by atoms with Crippen molar-refractivity contribution in [3.05, 3.63) is 34.9 Å². The quantitative estimate of drug-likeness (QED) is 0.262. The predicted octanol–water partition coefficient (Wildman–Crippen LogP) is 0.792. The number of fused-ring (bicyclic) bond motifs is 3. The molecule has 0 saturated heterocycles. The van der Waals surface area contributed by atoms with E-state index in [2.05, 4.69) is 0 Å². The second-order valence-electron chi connectivity index (χ2n) is 11.9. The number of rotatable bonds is 4. The predicted molar refractivity (Wildman–Crippen MR) is 141 cm³/mol. The number of nitrogens with zero attached hydrogens (tertiary/aromatic N) is 1. The third-order valence-electron chi connectivity index (χ3n) is 9.52. The van der Waals surface area contributed by atoms with E-state index in [1.54, 1.807) is 33.2 Å². The van der Waals surface area contributed by atoms with Crippen LogP contribution >= 0.6 is 0 Å². The minimum Gasteiger partial charge on any atom is -0.507 e. The highest BCUT2D eigenvalue weighted by Crippen LogP contribution is 2.56. The molecule has 0 heterocycles. The van der Waals surface area contributed by atoms with Gasteiger partial charge in [-0.25, -0.2) is 0 Å². The molecule has 0 radical (unpaired) electrons. The van der Waals surface area contributed by atoms with Crippen molar-refractivity contribution in [2.75, 3.05) is 14.1 Å². The van der Waals surface area contributed by atoms with Crippen molar-refractivity contribution in [3.8, 4) is 5.75 Å². The first-order valence-corrected chi connectivity index (χ1v) is 13.7. The third kappa shape index (κ3) is 3.89. The first kappa shape index (κ1) is 28.3. The number of nitrogens with two attached hydrogens (primary N) is 1. The van der Waals surface area contributed by atoms with Gasteiger partial charge in [0.1, 0.15) is 23.5 Å². The average molecular weight is 557 g/mol. The first-order chi connectivity index (χ1) is 18.8. The SMILES string of the molecule is C[C@H]1c2cccc(O)c2C(O)=C2C(=O)[C@]3(O)C(=O)C(C(N)=O)C(O)[C@@H](N(C)C)[C@@H]3[C@@H](OC(=O)C3CCCCC3)[C@@H]21. The van der Waals surface area contributed by atoms with Gasteiger partial charge in [-0.15, -0.1) is 0 Å². The molecule has 0 aromatic heterocycles. The summed E-state index contributed by atoms with van der Waals surface area (Å²) in [5, 5.41) is 45.4. The van der Waals surface area contributed by atoms with E-state index in [9.17, 15) is 39.6 Å². The van der Waals surface area contributed by atoms with Crippen molar-refractivity contribution in [2.45, 2.75) is 68.8 Å². The van der Waals surface area contributed by atoms with Gasteiger partial charge in [0.05, 0.1) is 23.5 Å². The molecule has 0 spiro atoms. The van der Waals surface area contributed by atoms with Gasteiger partial charge in [-0.3, -0.25) is 19.2 Å². The number of primary amides is 1. The zero-order valence-electron chi connectivity index (χ0n) is 22.7. The van der Waals surface area contributed by atoms with Crippen LogP contribution in [0.4, 0.5) is 0 Å². The molecule has 4 aliphatic carbocycles. The number of ether oxygens (including phenoxy) is 1. The Balaban J connectivity index is 1.76. The summed E-state index contributed by atoms with van der Waals surface area (Å²) in [6, 6.07) is 3.39. The lowest BCUT2D eigenvalue weighted by Crippen LogP contribution is -2.77. The highest BCUT2D eigenvalue weighted by molar-refractivity contribution is 6.25. The van der Waals surface area contributed by atoms with Gasteiger partial charge in [0.2, 0.25) is 11.7 Å². The summed E-state index contributed by atoms with van der Waals surface area (Å²) in [6.07, 6.45) is 0.823. The van der Waals surface area contributed by atoms with Crippen LogP contribution in [-0.2, 0) is 23.9 Å². The first-order valence-electron chi connectivity index (χ1n) is 13.7. The summed E-state index contributed by atoms with van der Waals surface area (Å²) >= 11 is 0. The van der Waals surface area contributed by atoms with Crippen LogP contribution in [0.2, 0.25) is 0 Å². The van der Waals surface area contributed by atoms with E-state index in [-0.39, 0.29) is 16.9 Å². The van der Waals surface area contributed by atoms with Crippen LogP contribution in [0.15, 0.2) is 23.8 Å². The number of Topliss-reactive ketones (excluding diaryl/α,β-unsaturated/α-hetero) is 2. The molecule has 5 rings (SSSR count). The molecule has 11 nitrogen and oxygen atoms in total. The van der Waals surface area contributed by atoms with E-state index in [1.807, 2.05) is 0 Å². The summed E-state index contributed by atoms with van der Waals surface area (Å²) in [5.74, 6) is -10.7. The number of phenolic OH excluding ortho intramolecular Hbond substituents is 1. The van der Waals surface area contributed by atoms with Gasteiger partial charge in [-0.1, -0.05) is 38.3 Å². The number of carbonyl (C=O) groups is 4. The number of aromatic hydroxyl groups is 1. The zero-order chi connectivity index (χ0) is 29.3. The fraction of sp³-hybridized carbons (Fsp3) is 0.586. The fourth-order valence-electron chi connectivity index (χ4n) is 7.62. The van der Waals surface area contributed by atoms with Crippen LogP contribution in [0.1, 0.15) is 56.1 Å². The van der Waals surface area contributed by atoms with Crippen molar-refractivity contribution in [1.82, 2.24) is 4.90 Å². The Labute approximate surface area is 231 Å². The molecule has 40 heavy (non-hydrogen) atoms. The van der Waals surface area contributed by atoms with E-state index in [4.69, 9.17) is 10.5 Å². The molecule has 4 aliphatic rings. The second-order valence-corrected chi connectivity index (χ2v) is 11.9. The molecule has 2 unspecified atom stereocenters. The fourth-order valence-corrected chi connectivity index (χ4v) is 7.62. The van der Waals surface area contributed by atoms with E-state index in [0.29, 0.717) is 18.4 Å². The molecule has 0 bridgehead atoms. The number of benzene rings is 1. The van der Waals surface area contributed by atoms with Crippen molar-refractivity contribution in [3.63, 3.8) is 0 Å². The molecule has 3 fully saturated rings. The number of ketones is 2. The number of phenols is 1. The van der Waals surface area contributed by atoms with Crippen LogP contribution in [0.5, 0.6) is 5.75 Å². The van der Waals surface area contributed by atoms with Gasteiger partial charge < -0.3 is 35.8 Å². The van der Waals surface area contributed by atoms with Gasteiger partial charge in [0, 0.05) is 17.5 Å². The molecule has 1 amide bonds. The maximum Gasteiger partial charge on any atom is 0.309 e. The number of amides is 1. The summed E-state index contributed by atoms with van der Waals surface area (Å²) in [5.41, 5.74) is 2.62. The number of carbonyl (C=O) groups excluding carboxylic acids is 4. The molecule has 1 aromatic rings. The Hall–Kier alpha value is -3.28. The maximum atomic E-state index is 14.2. The molecule has 11 heteroatoms. The largest absolute Gasteiger partial charge is 0.507 e. The van der Waals surface area contributed by atoms with E-state index < -0.39 is 82.6 Å². The summed E-state index contributed by atoms with van der Waals surface area (Å²) in [6.45, 7) is 1.74. The van der Waals surface area contributed by atoms with Gasteiger partial charge in [0.15, 0.2) is 11.4 Å². The van der Waals surface area contributed by atoms with Crippen LogP contribution < -0.4 is 5.73 Å². The Kier molecular flexibility index (Phi) is 7.04. The maximum absolute atomic E-state index is 14.2. The van der Waals surface area contributed by atoms with Crippen molar-refractivity contribution in [2.24, 2.45) is 29.4 Å². The smallest absolute Gasteiger partial charge is 0.309 e. The average Bonchev–Trinajstić information content (AvgIpc) is 2.90. The van der Waals surface area contributed by atoms with Crippen molar-refractivity contribution >= 4 is 29.2 Å². The van der Waals surface area contributed by atoms with Crippen LogP contribution in [0, 0.1) is 23.7 Å². The molecule has 216 valence electrons. The van der Waals surface area contributed by atoms with Crippen LogP contribution in [0.25, 0.3) is 5.76 Å². The standard InChI is InChI=1S/C29H36N2O9/c1-12-14-10-7-11-15(32)17(14)22(33)18-16(12)24(40-28(38)13-8-5-4-6-9-13)20-21(31(2)3)23(34)19(27(30)37)26(36)29(20,39)25(18)35/h7,10-13,16,19-21,23-24,32-34,39H,4-6,8-9H2,1-3H3,(H2,30,37)/t12-,16+,19?,20+,21-,23?,24-,29-/m0/s1. The molecular formula is C29H36N2O9. The normalized spacial score (nSPS) is 36.1.